The maximum atomic E-state index is 6.22. The van der Waals surface area contributed by atoms with E-state index < -0.39 is 0 Å². The number of para-hydroxylation sites is 1. The van der Waals surface area contributed by atoms with Gasteiger partial charge in [0, 0.05) is 27.5 Å². The van der Waals surface area contributed by atoms with Crippen molar-refractivity contribution in [2.75, 3.05) is 0 Å². The molecule has 0 radical (unpaired) electrons. The molecule has 2 aromatic heterocycles. The lowest BCUT2D eigenvalue weighted by atomic mass is 9.99. The number of benzene rings is 6. The summed E-state index contributed by atoms with van der Waals surface area (Å²) in [5.41, 5.74) is 11.1. The Labute approximate surface area is 249 Å². The lowest BCUT2D eigenvalue weighted by Gasteiger charge is -2.12. The van der Waals surface area contributed by atoms with E-state index in [4.69, 9.17) is 14.4 Å². The van der Waals surface area contributed by atoms with Gasteiger partial charge in [0.05, 0.1) is 11.4 Å². The van der Waals surface area contributed by atoms with Crippen LogP contribution in [0.5, 0.6) is 0 Å². The summed E-state index contributed by atoms with van der Waals surface area (Å²) in [5, 5.41) is 2.14. The van der Waals surface area contributed by atoms with Crippen molar-refractivity contribution in [2.24, 2.45) is 0 Å². The molecule has 0 fully saturated rings. The molecule has 0 saturated heterocycles. The van der Waals surface area contributed by atoms with Gasteiger partial charge < -0.3 is 4.42 Å². The Kier molecular flexibility index (Phi) is 6.12. The summed E-state index contributed by atoms with van der Waals surface area (Å²) in [7, 11) is 0. The van der Waals surface area contributed by atoms with Crippen molar-refractivity contribution in [3.05, 3.63) is 158 Å². The van der Waals surface area contributed by atoms with Crippen molar-refractivity contribution in [3.8, 4) is 56.2 Å². The Morgan fingerprint density at radius 2 is 0.930 bits per heavy atom. The largest absolute Gasteiger partial charge is 0.456 e. The second-order valence-corrected chi connectivity index (χ2v) is 10.6. The molecule has 2 heterocycles. The van der Waals surface area contributed by atoms with E-state index >= 15 is 0 Å². The summed E-state index contributed by atoms with van der Waals surface area (Å²) in [6.07, 6.45) is 0. The van der Waals surface area contributed by atoms with Gasteiger partial charge in [0.15, 0.2) is 5.82 Å². The first-order valence-electron chi connectivity index (χ1n) is 14.4. The first kappa shape index (κ1) is 25.0. The maximum absolute atomic E-state index is 6.22. The highest BCUT2D eigenvalue weighted by Crippen LogP contribution is 2.38. The van der Waals surface area contributed by atoms with E-state index in [9.17, 15) is 0 Å². The zero-order chi connectivity index (χ0) is 28.6. The zero-order valence-corrected chi connectivity index (χ0v) is 23.3. The quantitative estimate of drug-likeness (QED) is 0.214. The molecule has 0 unspecified atom stereocenters. The SMILES string of the molecule is c1ccc(-c2ccc(-c3cc(-c4cccc5oc6ccccc6c45)nc(-c4cccc(-c5ccccc5)c4)n3)cc2)cc1. The van der Waals surface area contributed by atoms with Crippen LogP contribution in [0.3, 0.4) is 0 Å². The molecule has 0 aliphatic heterocycles. The molecule has 3 nitrogen and oxygen atoms in total. The smallest absolute Gasteiger partial charge is 0.160 e. The van der Waals surface area contributed by atoms with Crippen molar-refractivity contribution in [1.82, 2.24) is 9.97 Å². The summed E-state index contributed by atoms with van der Waals surface area (Å²) in [6, 6.07) is 54.4. The molecule has 8 aromatic rings. The van der Waals surface area contributed by atoms with Gasteiger partial charge in [0.25, 0.3) is 0 Å². The minimum atomic E-state index is 0.683. The molecule has 0 aliphatic carbocycles. The molecule has 0 saturated carbocycles. The van der Waals surface area contributed by atoms with Gasteiger partial charge in [-0.1, -0.05) is 133 Å². The molecule has 3 heteroatoms. The highest BCUT2D eigenvalue weighted by molar-refractivity contribution is 6.12. The lowest BCUT2D eigenvalue weighted by Crippen LogP contribution is -1.96. The fraction of sp³-hybridized carbons (Fsp3) is 0. The third-order valence-corrected chi connectivity index (χ3v) is 7.92. The number of furan rings is 1. The molecule has 0 aliphatic rings. The van der Waals surface area contributed by atoms with Gasteiger partial charge in [-0.15, -0.1) is 0 Å². The fourth-order valence-electron chi connectivity index (χ4n) is 5.78. The van der Waals surface area contributed by atoms with Gasteiger partial charge in [-0.3, -0.25) is 0 Å². The normalized spacial score (nSPS) is 11.3. The average Bonchev–Trinajstić information content (AvgIpc) is 3.48. The molecule has 0 bridgehead atoms. The minimum absolute atomic E-state index is 0.683. The number of hydrogen-bond donors (Lipinski definition) is 0. The van der Waals surface area contributed by atoms with Crippen LogP contribution in [0.1, 0.15) is 0 Å². The second kappa shape index (κ2) is 10.6. The topological polar surface area (TPSA) is 38.9 Å². The van der Waals surface area contributed by atoms with Crippen LogP contribution in [0.2, 0.25) is 0 Å². The van der Waals surface area contributed by atoms with E-state index in [-0.39, 0.29) is 0 Å². The van der Waals surface area contributed by atoms with Crippen LogP contribution in [0.15, 0.2) is 162 Å². The highest BCUT2D eigenvalue weighted by atomic mass is 16.3. The number of aromatic nitrogens is 2. The lowest BCUT2D eigenvalue weighted by molar-refractivity contribution is 0.669. The molecule has 6 aromatic carbocycles. The van der Waals surface area contributed by atoms with Crippen LogP contribution in [-0.2, 0) is 0 Å². The molecule has 0 amide bonds. The maximum Gasteiger partial charge on any atom is 0.160 e. The molecular weight excluding hydrogens is 524 g/mol. The molecule has 43 heavy (non-hydrogen) atoms. The van der Waals surface area contributed by atoms with E-state index in [1.54, 1.807) is 0 Å². The number of nitrogens with zero attached hydrogens (tertiary/aromatic N) is 2. The van der Waals surface area contributed by atoms with Gasteiger partial charge >= 0.3 is 0 Å². The first-order chi connectivity index (χ1) is 21.3. The van der Waals surface area contributed by atoms with Gasteiger partial charge in [-0.05, 0) is 46.5 Å². The van der Waals surface area contributed by atoms with Crippen LogP contribution < -0.4 is 0 Å². The van der Waals surface area contributed by atoms with Gasteiger partial charge in [-0.2, -0.15) is 0 Å². The number of hydrogen-bond acceptors (Lipinski definition) is 3. The number of fused-ring (bicyclic) bond motifs is 3. The molecular formula is C40H26N2O. The van der Waals surface area contributed by atoms with E-state index in [1.165, 1.54) is 11.1 Å². The van der Waals surface area contributed by atoms with E-state index in [0.29, 0.717) is 5.82 Å². The van der Waals surface area contributed by atoms with Crippen molar-refractivity contribution >= 4 is 21.9 Å². The summed E-state index contributed by atoms with van der Waals surface area (Å²) in [6.45, 7) is 0. The fourth-order valence-corrected chi connectivity index (χ4v) is 5.78. The van der Waals surface area contributed by atoms with Crippen LogP contribution in [0.25, 0.3) is 78.1 Å². The standard InChI is InChI=1S/C40H26N2O/c1-3-11-27(12-4-1)29-21-23-30(24-22-29)35-26-36(33-18-10-20-38-39(33)34-17-7-8-19-37(34)43-38)42-40(41-35)32-16-9-15-31(25-32)28-13-5-2-6-14-28/h1-26H. The summed E-state index contributed by atoms with van der Waals surface area (Å²) in [4.78, 5) is 10.3. The van der Waals surface area contributed by atoms with Gasteiger partial charge in [0.1, 0.15) is 11.2 Å². The third-order valence-electron chi connectivity index (χ3n) is 7.92. The summed E-state index contributed by atoms with van der Waals surface area (Å²) in [5.74, 6) is 0.683. The summed E-state index contributed by atoms with van der Waals surface area (Å²) < 4.78 is 6.22. The van der Waals surface area contributed by atoms with Crippen LogP contribution in [-0.4, -0.2) is 9.97 Å². The Bertz CT molecular complexity index is 2220. The van der Waals surface area contributed by atoms with Crippen molar-refractivity contribution < 1.29 is 4.42 Å². The van der Waals surface area contributed by atoms with Gasteiger partial charge in [0.2, 0.25) is 0 Å². The first-order valence-corrected chi connectivity index (χ1v) is 14.4. The molecule has 0 atom stereocenters. The number of rotatable bonds is 5. The van der Waals surface area contributed by atoms with Crippen LogP contribution >= 0.6 is 0 Å². The Morgan fingerprint density at radius 1 is 0.372 bits per heavy atom. The Hall–Kier alpha value is -5.80. The molecule has 0 spiro atoms. The average molecular weight is 551 g/mol. The predicted molar refractivity (Wildman–Crippen MR) is 176 cm³/mol. The molecule has 8 rings (SSSR count). The van der Waals surface area contributed by atoms with E-state index in [2.05, 4.69) is 115 Å². The summed E-state index contributed by atoms with van der Waals surface area (Å²) >= 11 is 0. The monoisotopic (exact) mass is 550 g/mol. The second-order valence-electron chi connectivity index (χ2n) is 10.6. The van der Waals surface area contributed by atoms with Crippen LogP contribution in [0.4, 0.5) is 0 Å². The predicted octanol–water partition coefficient (Wildman–Crippen LogP) is 10.7. The third kappa shape index (κ3) is 4.67. The van der Waals surface area contributed by atoms with Crippen molar-refractivity contribution in [2.45, 2.75) is 0 Å². The highest BCUT2D eigenvalue weighted by Gasteiger charge is 2.17. The van der Waals surface area contributed by atoms with E-state index in [1.807, 2.05) is 42.5 Å². The van der Waals surface area contributed by atoms with Crippen molar-refractivity contribution in [1.29, 1.82) is 0 Å². The minimum Gasteiger partial charge on any atom is -0.456 e. The molecule has 0 N–H and O–H groups in total. The van der Waals surface area contributed by atoms with Crippen LogP contribution in [0, 0.1) is 0 Å². The van der Waals surface area contributed by atoms with E-state index in [0.717, 1.165) is 61.1 Å². The Balaban J connectivity index is 1.32. The van der Waals surface area contributed by atoms with Gasteiger partial charge in [-0.25, -0.2) is 9.97 Å². The van der Waals surface area contributed by atoms with Crippen molar-refractivity contribution in [3.63, 3.8) is 0 Å². The zero-order valence-electron chi connectivity index (χ0n) is 23.3. The Morgan fingerprint density at radius 3 is 1.72 bits per heavy atom. The molecule has 202 valence electrons.